The van der Waals surface area contributed by atoms with Crippen LogP contribution in [0.4, 0.5) is 0 Å². The smallest absolute Gasteiger partial charge is 0.333 e. The molecule has 0 aliphatic rings. The van der Waals surface area contributed by atoms with Gasteiger partial charge in [-0.3, -0.25) is 0 Å². The molecule has 0 aromatic heterocycles. The number of hydrogen-bond acceptors (Lipinski definition) is 5. The van der Waals surface area contributed by atoms with E-state index in [2.05, 4.69) is 0 Å². The summed E-state index contributed by atoms with van der Waals surface area (Å²) >= 11 is 1.25. The Kier molecular flexibility index (Phi) is 7.87. The largest absolute Gasteiger partial charge is 0.479 e. The van der Waals surface area contributed by atoms with Crippen LogP contribution in [0.1, 0.15) is 6.92 Å². The summed E-state index contributed by atoms with van der Waals surface area (Å²) in [6.45, 7) is 1.77. The molecule has 2 atom stereocenters. The molecule has 14 heavy (non-hydrogen) atoms. The van der Waals surface area contributed by atoms with Crippen LogP contribution in [-0.2, 0) is 9.53 Å². The molecule has 0 saturated heterocycles. The molecule has 0 aromatic rings. The molecule has 0 aromatic carbocycles. The lowest BCUT2D eigenvalue weighted by atomic mass is 10.4. The van der Waals surface area contributed by atoms with Crippen LogP contribution >= 0.6 is 11.8 Å². The molecule has 0 radical (unpaired) electrons. The lowest BCUT2D eigenvalue weighted by Gasteiger charge is -2.12. The minimum absolute atomic E-state index is 0.278. The summed E-state index contributed by atoms with van der Waals surface area (Å²) in [5, 5.41) is 26.2. The topological polar surface area (TPSA) is 87.0 Å². The van der Waals surface area contributed by atoms with E-state index in [-0.39, 0.29) is 12.4 Å². The third-order valence-corrected chi connectivity index (χ3v) is 2.59. The van der Waals surface area contributed by atoms with Crippen LogP contribution in [0.5, 0.6) is 0 Å². The second-order valence-electron chi connectivity index (χ2n) is 2.66. The van der Waals surface area contributed by atoms with Crippen LogP contribution in [-0.4, -0.2) is 58.2 Å². The highest BCUT2D eigenvalue weighted by molar-refractivity contribution is 7.99. The number of hydrogen-bond donors (Lipinski definition) is 3. The SMILES string of the molecule is CCOC(CSCC(O)CO)C(=O)O. The first-order chi connectivity index (χ1) is 6.61. The maximum Gasteiger partial charge on any atom is 0.333 e. The second kappa shape index (κ2) is 8.05. The molecule has 84 valence electrons. The number of carbonyl (C=O) groups is 1. The van der Waals surface area contributed by atoms with Crippen molar-refractivity contribution in [2.75, 3.05) is 24.7 Å². The van der Waals surface area contributed by atoms with E-state index < -0.39 is 18.2 Å². The molecule has 0 spiro atoms. The fraction of sp³-hybridized carbons (Fsp3) is 0.875. The van der Waals surface area contributed by atoms with Crippen LogP contribution in [0.2, 0.25) is 0 Å². The summed E-state index contributed by atoms with van der Waals surface area (Å²) in [5.41, 5.74) is 0. The zero-order valence-electron chi connectivity index (χ0n) is 8.05. The first-order valence-electron chi connectivity index (χ1n) is 4.32. The van der Waals surface area contributed by atoms with Crippen molar-refractivity contribution in [1.29, 1.82) is 0 Å². The van der Waals surface area contributed by atoms with Gasteiger partial charge in [-0.05, 0) is 6.92 Å². The third kappa shape index (κ3) is 6.20. The van der Waals surface area contributed by atoms with E-state index in [1.165, 1.54) is 11.8 Å². The van der Waals surface area contributed by atoms with Gasteiger partial charge in [-0.2, -0.15) is 11.8 Å². The van der Waals surface area contributed by atoms with Gasteiger partial charge in [-0.25, -0.2) is 4.79 Å². The van der Waals surface area contributed by atoms with Crippen molar-refractivity contribution < 1.29 is 24.9 Å². The van der Waals surface area contributed by atoms with Gasteiger partial charge >= 0.3 is 5.97 Å². The number of aliphatic hydroxyl groups excluding tert-OH is 2. The Balaban J connectivity index is 3.66. The van der Waals surface area contributed by atoms with Gasteiger partial charge in [0.2, 0.25) is 0 Å². The highest BCUT2D eigenvalue weighted by atomic mass is 32.2. The quantitative estimate of drug-likeness (QED) is 0.518. The Morgan fingerprint density at radius 3 is 2.57 bits per heavy atom. The van der Waals surface area contributed by atoms with Crippen molar-refractivity contribution in [1.82, 2.24) is 0 Å². The lowest BCUT2D eigenvalue weighted by Crippen LogP contribution is -2.27. The molecule has 2 unspecified atom stereocenters. The normalized spacial score (nSPS) is 15.1. The Morgan fingerprint density at radius 1 is 1.50 bits per heavy atom. The summed E-state index contributed by atoms with van der Waals surface area (Å²) in [6, 6.07) is 0. The molecule has 3 N–H and O–H groups in total. The molecule has 0 aliphatic heterocycles. The number of carboxylic acid groups (broad SMARTS) is 1. The van der Waals surface area contributed by atoms with E-state index in [4.69, 9.17) is 20.1 Å². The molecule has 6 heteroatoms. The maximum absolute atomic E-state index is 10.6. The summed E-state index contributed by atoms with van der Waals surface area (Å²) in [5.74, 6) is -0.411. The van der Waals surface area contributed by atoms with Crippen molar-refractivity contribution in [3.8, 4) is 0 Å². The van der Waals surface area contributed by atoms with Crippen molar-refractivity contribution in [2.24, 2.45) is 0 Å². The van der Waals surface area contributed by atoms with Crippen LogP contribution in [0, 0.1) is 0 Å². The minimum atomic E-state index is -1.00. The molecule has 0 aliphatic carbocycles. The molecule has 5 nitrogen and oxygen atoms in total. The molecule has 0 amide bonds. The van der Waals surface area contributed by atoms with Crippen LogP contribution in [0.25, 0.3) is 0 Å². The minimum Gasteiger partial charge on any atom is -0.479 e. The maximum atomic E-state index is 10.6. The number of carboxylic acids is 1. The molecule has 0 rings (SSSR count). The van der Waals surface area contributed by atoms with Gasteiger partial charge in [0.1, 0.15) is 0 Å². The van der Waals surface area contributed by atoms with E-state index in [1.807, 2.05) is 0 Å². The number of thioether (sulfide) groups is 1. The molecular weight excluding hydrogens is 208 g/mol. The Morgan fingerprint density at radius 2 is 2.14 bits per heavy atom. The van der Waals surface area contributed by atoms with Crippen LogP contribution < -0.4 is 0 Å². The zero-order chi connectivity index (χ0) is 11.0. The summed E-state index contributed by atoms with van der Waals surface area (Å²) < 4.78 is 4.95. The fourth-order valence-corrected chi connectivity index (χ4v) is 1.72. The molecular formula is C8H16O5S. The number of ether oxygens (including phenoxy) is 1. The van der Waals surface area contributed by atoms with E-state index in [0.29, 0.717) is 12.4 Å². The van der Waals surface area contributed by atoms with Gasteiger partial charge in [0.05, 0.1) is 12.7 Å². The van der Waals surface area contributed by atoms with Crippen molar-refractivity contribution in [2.45, 2.75) is 19.1 Å². The van der Waals surface area contributed by atoms with E-state index >= 15 is 0 Å². The van der Waals surface area contributed by atoms with Crippen molar-refractivity contribution in [3.05, 3.63) is 0 Å². The number of rotatable bonds is 8. The highest BCUT2D eigenvalue weighted by Gasteiger charge is 2.17. The van der Waals surface area contributed by atoms with E-state index in [1.54, 1.807) is 6.92 Å². The number of aliphatic hydroxyl groups is 2. The third-order valence-electron chi connectivity index (χ3n) is 1.43. The summed E-state index contributed by atoms with van der Waals surface area (Å²) in [7, 11) is 0. The number of aliphatic carboxylic acids is 1. The van der Waals surface area contributed by atoms with Crippen LogP contribution in [0.3, 0.4) is 0 Å². The molecule has 0 heterocycles. The molecule has 0 bridgehead atoms. The Bertz CT molecular complexity index is 164. The van der Waals surface area contributed by atoms with E-state index in [0.717, 1.165) is 0 Å². The first-order valence-corrected chi connectivity index (χ1v) is 5.48. The predicted octanol–water partition coefficient (Wildman–Crippen LogP) is -0.438. The Hall–Kier alpha value is -0.300. The molecule has 0 saturated carbocycles. The van der Waals surface area contributed by atoms with E-state index in [9.17, 15) is 4.79 Å². The summed E-state index contributed by atoms with van der Waals surface area (Å²) in [6.07, 6.45) is -1.63. The average molecular weight is 224 g/mol. The predicted molar refractivity (Wildman–Crippen MR) is 53.5 cm³/mol. The van der Waals surface area contributed by atoms with Crippen molar-refractivity contribution >= 4 is 17.7 Å². The second-order valence-corrected chi connectivity index (χ2v) is 3.73. The van der Waals surface area contributed by atoms with Gasteiger partial charge in [-0.1, -0.05) is 0 Å². The van der Waals surface area contributed by atoms with Gasteiger partial charge in [0, 0.05) is 18.1 Å². The monoisotopic (exact) mass is 224 g/mol. The fourth-order valence-electron chi connectivity index (χ4n) is 0.756. The first kappa shape index (κ1) is 13.7. The lowest BCUT2D eigenvalue weighted by molar-refractivity contribution is -0.148. The van der Waals surface area contributed by atoms with Crippen molar-refractivity contribution in [3.63, 3.8) is 0 Å². The van der Waals surface area contributed by atoms with Gasteiger partial charge in [-0.15, -0.1) is 0 Å². The van der Waals surface area contributed by atoms with Crippen LogP contribution in [0.15, 0.2) is 0 Å². The van der Waals surface area contributed by atoms with Gasteiger partial charge in [0.25, 0.3) is 0 Å². The van der Waals surface area contributed by atoms with Gasteiger partial charge < -0.3 is 20.1 Å². The summed E-state index contributed by atoms with van der Waals surface area (Å²) in [4.78, 5) is 10.6. The standard InChI is InChI=1S/C8H16O5S/c1-2-13-7(8(11)12)5-14-4-6(10)3-9/h6-7,9-10H,2-5H2,1H3,(H,11,12). The Labute approximate surface area is 87.1 Å². The molecule has 0 fully saturated rings. The average Bonchev–Trinajstić information content (AvgIpc) is 2.16. The van der Waals surface area contributed by atoms with Gasteiger partial charge in [0.15, 0.2) is 6.10 Å². The zero-order valence-corrected chi connectivity index (χ0v) is 8.87. The highest BCUT2D eigenvalue weighted by Crippen LogP contribution is 2.08.